The normalized spacial score (nSPS) is 18.6. The van der Waals surface area contributed by atoms with Crippen LogP contribution in [0.3, 0.4) is 0 Å². The van der Waals surface area contributed by atoms with E-state index in [2.05, 4.69) is 20.8 Å². The molecule has 1 aromatic rings. The Morgan fingerprint density at radius 2 is 2.15 bits per heavy atom. The predicted octanol–water partition coefficient (Wildman–Crippen LogP) is 3.36. The number of hydrogen-bond acceptors (Lipinski definition) is 4. The second-order valence-electron chi connectivity index (χ2n) is 6.95. The van der Waals surface area contributed by atoms with Crippen LogP contribution in [-0.2, 0) is 6.54 Å². The smallest absolute Gasteiger partial charge is 0.359 e. The van der Waals surface area contributed by atoms with E-state index in [0.717, 1.165) is 12.1 Å². The van der Waals surface area contributed by atoms with Crippen LogP contribution in [0.5, 0.6) is 0 Å². The van der Waals surface area contributed by atoms with Crippen LogP contribution in [0.4, 0.5) is 13.2 Å². The van der Waals surface area contributed by atoms with Crippen LogP contribution in [0.25, 0.3) is 0 Å². The van der Waals surface area contributed by atoms with E-state index >= 15 is 0 Å². The van der Waals surface area contributed by atoms with Gasteiger partial charge in [0.25, 0.3) is 0 Å². The summed E-state index contributed by atoms with van der Waals surface area (Å²) in [5.41, 5.74) is 0.892. The van der Waals surface area contributed by atoms with Crippen molar-refractivity contribution in [2.45, 2.75) is 45.8 Å². The predicted molar refractivity (Wildman–Crippen MR) is 109 cm³/mol. The lowest BCUT2D eigenvalue weighted by Crippen LogP contribution is -2.40. The van der Waals surface area contributed by atoms with E-state index in [0.29, 0.717) is 50.4 Å². The fourth-order valence-corrected chi connectivity index (χ4v) is 2.89. The molecule has 0 aliphatic carbocycles. The van der Waals surface area contributed by atoms with Crippen LogP contribution in [-0.4, -0.2) is 54.9 Å². The Kier molecular flexibility index (Phi) is 9.85. The molecule has 0 amide bonds. The number of rotatable bonds is 7. The maximum Gasteiger partial charge on any atom is 0.401 e. The van der Waals surface area contributed by atoms with Crippen LogP contribution in [0.15, 0.2) is 15.6 Å². The van der Waals surface area contributed by atoms with Gasteiger partial charge in [-0.1, -0.05) is 19.0 Å². The Morgan fingerprint density at radius 1 is 1.41 bits per heavy atom. The van der Waals surface area contributed by atoms with E-state index in [-0.39, 0.29) is 29.9 Å². The van der Waals surface area contributed by atoms with Gasteiger partial charge in [-0.15, -0.1) is 24.0 Å². The van der Waals surface area contributed by atoms with E-state index in [1.54, 1.807) is 0 Å². The number of aromatic nitrogens is 1. The highest BCUT2D eigenvalue weighted by atomic mass is 127. The molecule has 1 atom stereocenters. The average molecular weight is 503 g/mol. The van der Waals surface area contributed by atoms with Gasteiger partial charge in [-0.2, -0.15) is 13.2 Å². The second-order valence-corrected chi connectivity index (χ2v) is 6.95. The van der Waals surface area contributed by atoms with E-state index in [1.165, 1.54) is 4.90 Å². The van der Waals surface area contributed by atoms with Crippen molar-refractivity contribution in [2.75, 3.05) is 32.7 Å². The molecule has 156 valence electrons. The zero-order valence-electron chi connectivity index (χ0n) is 16.0. The van der Waals surface area contributed by atoms with Gasteiger partial charge in [0.2, 0.25) is 0 Å². The summed E-state index contributed by atoms with van der Waals surface area (Å²) in [6.45, 7) is 7.80. The number of alkyl halides is 3. The zero-order chi connectivity index (χ0) is 19.2. The first-order valence-electron chi connectivity index (χ1n) is 9.03. The summed E-state index contributed by atoms with van der Waals surface area (Å²) in [5.74, 6) is 1.79. The van der Waals surface area contributed by atoms with Gasteiger partial charge in [-0.3, -0.25) is 4.90 Å². The molecule has 27 heavy (non-hydrogen) atoms. The van der Waals surface area contributed by atoms with Crippen molar-refractivity contribution in [3.8, 4) is 0 Å². The third-order valence-electron chi connectivity index (χ3n) is 4.24. The third kappa shape index (κ3) is 8.67. The molecule has 2 N–H and O–H groups in total. The number of aliphatic imine (C=N–C) groups is 1. The molecule has 2 heterocycles. The van der Waals surface area contributed by atoms with E-state index in [1.807, 2.05) is 26.8 Å². The third-order valence-corrected chi connectivity index (χ3v) is 4.24. The molecule has 0 aromatic carbocycles. The number of hydrogen-bond donors (Lipinski definition) is 2. The molecule has 10 heteroatoms. The SMILES string of the molecule is CCNC(=NCc1cc(C(C)C)no1)NCC1CCN(CC(F)(F)F)C1.I. The molecule has 2 rings (SSSR count). The standard InChI is InChI=1S/C17H28F3N5O.HI/c1-4-21-16(23-9-14-7-15(12(2)3)24-26-14)22-8-13-5-6-25(10-13)11-17(18,19)20;/h7,12-13H,4-6,8-11H2,1-3H3,(H2,21,22,23);1H. The minimum Gasteiger partial charge on any atom is -0.359 e. The minimum atomic E-state index is -4.13. The van der Waals surface area contributed by atoms with E-state index < -0.39 is 12.7 Å². The van der Waals surface area contributed by atoms with E-state index in [9.17, 15) is 13.2 Å². The van der Waals surface area contributed by atoms with Crippen LogP contribution in [0.2, 0.25) is 0 Å². The molecule has 0 bridgehead atoms. The van der Waals surface area contributed by atoms with E-state index in [4.69, 9.17) is 4.52 Å². The summed E-state index contributed by atoms with van der Waals surface area (Å²) < 4.78 is 42.7. The first kappa shape index (κ1) is 24.0. The fraction of sp³-hybridized carbons (Fsp3) is 0.765. The van der Waals surface area contributed by atoms with Crippen molar-refractivity contribution in [1.29, 1.82) is 0 Å². The van der Waals surface area contributed by atoms with Crippen LogP contribution in [0.1, 0.15) is 44.6 Å². The van der Waals surface area contributed by atoms with Crippen molar-refractivity contribution in [3.05, 3.63) is 17.5 Å². The van der Waals surface area contributed by atoms with Crippen molar-refractivity contribution < 1.29 is 17.7 Å². The molecule has 1 aliphatic rings. The van der Waals surface area contributed by atoms with Crippen LogP contribution in [0, 0.1) is 5.92 Å². The van der Waals surface area contributed by atoms with Crippen LogP contribution >= 0.6 is 24.0 Å². The summed E-state index contributed by atoms with van der Waals surface area (Å²) in [7, 11) is 0. The topological polar surface area (TPSA) is 65.7 Å². The maximum absolute atomic E-state index is 12.5. The first-order valence-corrected chi connectivity index (χ1v) is 9.03. The lowest BCUT2D eigenvalue weighted by atomic mass is 10.1. The highest BCUT2D eigenvalue weighted by Crippen LogP contribution is 2.22. The molecule has 1 aliphatic heterocycles. The maximum atomic E-state index is 12.5. The summed E-state index contributed by atoms with van der Waals surface area (Å²) in [6.07, 6.45) is -3.38. The second kappa shape index (κ2) is 11.1. The Bertz CT molecular complexity index is 591. The van der Waals surface area contributed by atoms with Gasteiger partial charge in [-0.25, -0.2) is 4.99 Å². The highest BCUT2D eigenvalue weighted by Gasteiger charge is 2.34. The largest absolute Gasteiger partial charge is 0.401 e. The van der Waals surface area contributed by atoms with Gasteiger partial charge < -0.3 is 15.2 Å². The Labute approximate surface area is 175 Å². The van der Waals surface area contributed by atoms with Crippen molar-refractivity contribution in [3.63, 3.8) is 0 Å². The highest BCUT2D eigenvalue weighted by molar-refractivity contribution is 14.0. The number of likely N-dealkylation sites (tertiary alicyclic amines) is 1. The number of guanidine groups is 1. The Balaban J connectivity index is 0.00000364. The number of nitrogens with one attached hydrogen (secondary N) is 2. The molecule has 6 nitrogen and oxygen atoms in total. The lowest BCUT2D eigenvalue weighted by Gasteiger charge is -2.18. The lowest BCUT2D eigenvalue weighted by molar-refractivity contribution is -0.143. The van der Waals surface area contributed by atoms with Gasteiger partial charge in [0, 0.05) is 25.7 Å². The average Bonchev–Trinajstić information content (AvgIpc) is 3.18. The minimum absolute atomic E-state index is 0. The molecule has 1 saturated heterocycles. The molecular formula is C17H29F3IN5O. The quantitative estimate of drug-likeness (QED) is 0.340. The number of halogens is 4. The van der Waals surface area contributed by atoms with Gasteiger partial charge >= 0.3 is 6.18 Å². The molecular weight excluding hydrogens is 474 g/mol. The van der Waals surface area contributed by atoms with Gasteiger partial charge in [0.05, 0.1) is 12.2 Å². The van der Waals surface area contributed by atoms with Gasteiger partial charge in [0.15, 0.2) is 11.7 Å². The fourth-order valence-electron chi connectivity index (χ4n) is 2.89. The summed E-state index contributed by atoms with van der Waals surface area (Å²) in [6, 6.07) is 1.89. The zero-order valence-corrected chi connectivity index (χ0v) is 18.3. The van der Waals surface area contributed by atoms with Gasteiger partial charge in [0.1, 0.15) is 6.54 Å². The van der Waals surface area contributed by atoms with Crippen molar-refractivity contribution in [1.82, 2.24) is 20.7 Å². The molecule has 0 saturated carbocycles. The van der Waals surface area contributed by atoms with Gasteiger partial charge in [-0.05, 0) is 31.7 Å². The molecule has 0 radical (unpaired) electrons. The Morgan fingerprint density at radius 3 is 2.74 bits per heavy atom. The number of nitrogens with zero attached hydrogens (tertiary/aromatic N) is 3. The summed E-state index contributed by atoms with van der Waals surface area (Å²) >= 11 is 0. The molecule has 1 aromatic heterocycles. The molecule has 1 fully saturated rings. The van der Waals surface area contributed by atoms with Crippen molar-refractivity contribution >= 4 is 29.9 Å². The molecule has 0 spiro atoms. The monoisotopic (exact) mass is 503 g/mol. The Hall–Kier alpha value is -1.04. The van der Waals surface area contributed by atoms with Crippen molar-refractivity contribution in [2.24, 2.45) is 10.9 Å². The summed E-state index contributed by atoms with van der Waals surface area (Å²) in [5, 5.41) is 10.4. The molecule has 1 unspecified atom stereocenters. The summed E-state index contributed by atoms with van der Waals surface area (Å²) in [4.78, 5) is 5.92. The van der Waals surface area contributed by atoms with Crippen LogP contribution < -0.4 is 10.6 Å². The first-order chi connectivity index (χ1) is 12.3.